The van der Waals surface area contributed by atoms with Crippen LogP contribution in [0.5, 0.6) is 11.6 Å². The zero-order valence-corrected chi connectivity index (χ0v) is 13.9. The molecule has 0 aliphatic carbocycles. The Hall–Kier alpha value is -3.74. The average molecular weight is 345 g/mol. The second kappa shape index (κ2) is 6.64. The van der Waals surface area contributed by atoms with Crippen LogP contribution in [-0.4, -0.2) is 30.8 Å². The summed E-state index contributed by atoms with van der Waals surface area (Å²) in [5, 5.41) is 17.6. The molecular weight excluding hydrogens is 330 g/mol. The Morgan fingerprint density at radius 1 is 1.12 bits per heavy atom. The van der Waals surface area contributed by atoms with E-state index in [0.717, 1.165) is 16.6 Å². The van der Waals surface area contributed by atoms with Gasteiger partial charge in [-0.2, -0.15) is 5.10 Å². The molecule has 0 fully saturated rings. The number of hydrogen-bond donors (Lipinski definition) is 1. The molecule has 0 aliphatic rings. The third-order valence-corrected chi connectivity index (χ3v) is 3.85. The predicted molar refractivity (Wildman–Crippen MR) is 96.7 cm³/mol. The number of benzene rings is 1. The minimum absolute atomic E-state index is 0.275. The lowest BCUT2D eigenvalue weighted by Crippen LogP contribution is -2.14. The smallest absolute Gasteiger partial charge is 0.219 e. The Morgan fingerprint density at radius 2 is 2.04 bits per heavy atom. The quantitative estimate of drug-likeness (QED) is 0.265. The molecule has 0 bridgehead atoms. The molecule has 0 atom stereocenters. The summed E-state index contributed by atoms with van der Waals surface area (Å²) >= 11 is 0. The molecular formula is C19H15N5O2. The van der Waals surface area contributed by atoms with Crippen LogP contribution in [-0.2, 0) is 0 Å². The fourth-order valence-electron chi connectivity index (χ4n) is 2.62. The van der Waals surface area contributed by atoms with Gasteiger partial charge < -0.3 is 9.94 Å². The van der Waals surface area contributed by atoms with Gasteiger partial charge >= 0.3 is 0 Å². The first-order valence-electron chi connectivity index (χ1n) is 7.97. The van der Waals surface area contributed by atoms with Crippen LogP contribution in [0.25, 0.3) is 10.9 Å². The van der Waals surface area contributed by atoms with E-state index in [2.05, 4.69) is 20.2 Å². The van der Waals surface area contributed by atoms with Gasteiger partial charge in [0.15, 0.2) is 5.75 Å². The van der Waals surface area contributed by atoms with Crippen molar-refractivity contribution in [1.82, 2.24) is 19.7 Å². The first-order valence-corrected chi connectivity index (χ1v) is 7.97. The summed E-state index contributed by atoms with van der Waals surface area (Å²) in [5.41, 5.74) is 2.31. The van der Waals surface area contributed by atoms with Crippen molar-refractivity contribution < 1.29 is 9.94 Å². The SMILES string of the molecule is Cc1ccc2cccc(Oc3ccc(/C(=N/O)n4cccn4)cn3)c2n1. The number of rotatable bonds is 3. The summed E-state index contributed by atoms with van der Waals surface area (Å²) in [4.78, 5) is 8.85. The molecule has 0 spiro atoms. The summed E-state index contributed by atoms with van der Waals surface area (Å²) in [6.07, 6.45) is 4.85. The van der Waals surface area contributed by atoms with Crippen LogP contribution < -0.4 is 4.74 Å². The Bertz CT molecular complexity index is 1070. The first-order chi connectivity index (χ1) is 12.7. The van der Waals surface area contributed by atoms with Gasteiger partial charge in [0, 0.05) is 41.3 Å². The van der Waals surface area contributed by atoms with E-state index >= 15 is 0 Å². The topological polar surface area (TPSA) is 85.4 Å². The lowest BCUT2D eigenvalue weighted by molar-refractivity contribution is 0.316. The van der Waals surface area contributed by atoms with Gasteiger partial charge in [-0.05, 0) is 31.2 Å². The molecule has 0 amide bonds. The van der Waals surface area contributed by atoms with E-state index in [9.17, 15) is 5.21 Å². The molecule has 0 saturated heterocycles. The summed E-state index contributed by atoms with van der Waals surface area (Å²) in [5.74, 6) is 1.33. The Kier molecular flexibility index (Phi) is 4.03. The van der Waals surface area contributed by atoms with Crippen LogP contribution in [0.2, 0.25) is 0 Å². The van der Waals surface area contributed by atoms with Crippen LogP contribution in [0.1, 0.15) is 11.3 Å². The maximum Gasteiger partial charge on any atom is 0.219 e. The first kappa shape index (κ1) is 15.8. The van der Waals surface area contributed by atoms with Crippen molar-refractivity contribution >= 4 is 16.7 Å². The van der Waals surface area contributed by atoms with E-state index in [1.54, 1.807) is 36.8 Å². The zero-order valence-electron chi connectivity index (χ0n) is 13.9. The second-order valence-corrected chi connectivity index (χ2v) is 5.64. The summed E-state index contributed by atoms with van der Waals surface area (Å²) < 4.78 is 7.36. The molecule has 0 unspecified atom stereocenters. The van der Waals surface area contributed by atoms with E-state index in [1.807, 2.05) is 37.3 Å². The van der Waals surface area contributed by atoms with Crippen molar-refractivity contribution in [1.29, 1.82) is 0 Å². The number of oxime groups is 1. The molecule has 0 radical (unpaired) electrons. The number of nitrogens with zero attached hydrogens (tertiary/aromatic N) is 5. The summed E-state index contributed by atoms with van der Waals surface area (Å²) in [7, 11) is 0. The third kappa shape index (κ3) is 2.98. The highest BCUT2D eigenvalue weighted by molar-refractivity contribution is 5.99. The average Bonchev–Trinajstić information content (AvgIpc) is 3.19. The molecule has 1 N–H and O–H groups in total. The zero-order chi connectivity index (χ0) is 17.9. The van der Waals surface area contributed by atoms with Gasteiger partial charge in [-0.1, -0.05) is 23.4 Å². The van der Waals surface area contributed by atoms with Gasteiger partial charge in [-0.15, -0.1) is 0 Å². The molecule has 3 heterocycles. The van der Waals surface area contributed by atoms with Gasteiger partial charge in [-0.3, -0.25) is 0 Å². The predicted octanol–water partition coefficient (Wildman–Crippen LogP) is 3.61. The number of aromatic nitrogens is 4. The van der Waals surface area contributed by atoms with Crippen LogP contribution >= 0.6 is 0 Å². The number of para-hydroxylation sites is 1. The van der Waals surface area contributed by atoms with Crippen LogP contribution in [0.15, 0.2) is 72.3 Å². The fraction of sp³-hybridized carbons (Fsp3) is 0.0526. The van der Waals surface area contributed by atoms with Gasteiger partial charge in [-0.25, -0.2) is 14.6 Å². The van der Waals surface area contributed by atoms with Crippen LogP contribution in [0.3, 0.4) is 0 Å². The van der Waals surface area contributed by atoms with Crippen molar-refractivity contribution in [2.45, 2.75) is 6.92 Å². The number of pyridine rings is 2. The Morgan fingerprint density at radius 3 is 2.77 bits per heavy atom. The normalized spacial score (nSPS) is 11.7. The minimum Gasteiger partial charge on any atom is -0.437 e. The maximum absolute atomic E-state index is 9.26. The molecule has 4 rings (SSSR count). The van der Waals surface area contributed by atoms with Gasteiger partial charge in [0.1, 0.15) is 5.52 Å². The lowest BCUT2D eigenvalue weighted by Gasteiger charge is -2.09. The molecule has 1 aromatic carbocycles. The molecule has 7 nitrogen and oxygen atoms in total. The molecule has 26 heavy (non-hydrogen) atoms. The monoisotopic (exact) mass is 345 g/mol. The number of fused-ring (bicyclic) bond motifs is 1. The van der Waals surface area contributed by atoms with Crippen molar-refractivity contribution in [3.63, 3.8) is 0 Å². The van der Waals surface area contributed by atoms with Gasteiger partial charge in [0.25, 0.3) is 0 Å². The van der Waals surface area contributed by atoms with Crippen LogP contribution in [0, 0.1) is 6.92 Å². The summed E-state index contributed by atoms with van der Waals surface area (Å²) in [6.45, 7) is 1.94. The lowest BCUT2D eigenvalue weighted by atomic mass is 10.2. The summed E-state index contributed by atoms with van der Waals surface area (Å²) in [6, 6.07) is 14.9. The fourth-order valence-corrected chi connectivity index (χ4v) is 2.62. The molecule has 3 aromatic heterocycles. The van der Waals surface area contributed by atoms with E-state index in [0.29, 0.717) is 17.2 Å². The molecule has 0 saturated carbocycles. The van der Waals surface area contributed by atoms with Crippen molar-refractivity contribution in [2.24, 2.45) is 5.16 Å². The highest BCUT2D eigenvalue weighted by Gasteiger charge is 2.10. The molecule has 128 valence electrons. The number of hydrogen-bond acceptors (Lipinski definition) is 6. The minimum atomic E-state index is 0.275. The van der Waals surface area contributed by atoms with Gasteiger partial charge in [0.2, 0.25) is 11.7 Å². The van der Waals surface area contributed by atoms with E-state index < -0.39 is 0 Å². The molecule has 7 heteroatoms. The van der Waals surface area contributed by atoms with E-state index in [-0.39, 0.29) is 5.84 Å². The van der Waals surface area contributed by atoms with Crippen molar-refractivity contribution in [2.75, 3.05) is 0 Å². The van der Waals surface area contributed by atoms with Crippen molar-refractivity contribution in [3.8, 4) is 11.6 Å². The second-order valence-electron chi connectivity index (χ2n) is 5.64. The molecule has 4 aromatic rings. The Labute approximate surface area is 149 Å². The van der Waals surface area contributed by atoms with E-state index in [1.165, 1.54) is 4.68 Å². The third-order valence-electron chi connectivity index (χ3n) is 3.85. The molecule has 0 aliphatic heterocycles. The Balaban J connectivity index is 1.64. The standard InChI is InChI=1S/C19H15N5O2/c1-13-6-7-14-4-2-5-16(18(14)22-13)26-17-9-8-15(12-20-17)19(23-25)24-11-3-10-21-24/h2-12,25H,1H3/b23-19-. The highest BCUT2D eigenvalue weighted by atomic mass is 16.5. The van der Waals surface area contributed by atoms with Crippen molar-refractivity contribution in [3.05, 3.63) is 78.4 Å². The van der Waals surface area contributed by atoms with E-state index in [4.69, 9.17) is 4.74 Å². The maximum atomic E-state index is 9.26. The van der Waals surface area contributed by atoms with Crippen LogP contribution in [0.4, 0.5) is 0 Å². The largest absolute Gasteiger partial charge is 0.437 e. The number of ether oxygens (including phenoxy) is 1. The highest BCUT2D eigenvalue weighted by Crippen LogP contribution is 2.27. The number of aryl methyl sites for hydroxylation is 1. The van der Waals surface area contributed by atoms with Gasteiger partial charge in [0.05, 0.1) is 0 Å².